The Balaban J connectivity index is 3.72. The summed E-state index contributed by atoms with van der Waals surface area (Å²) in [7, 11) is 1.48. The summed E-state index contributed by atoms with van der Waals surface area (Å²) >= 11 is 5.66. The van der Waals surface area contributed by atoms with Gasteiger partial charge in [0.05, 0.1) is 16.5 Å². The van der Waals surface area contributed by atoms with Crippen LogP contribution in [0.2, 0.25) is 0 Å². The molecule has 0 unspecified atom stereocenters. The van der Waals surface area contributed by atoms with Crippen LogP contribution in [0, 0.1) is 11.3 Å². The minimum absolute atomic E-state index is 0.0225. The smallest absolute Gasteiger partial charge is 0.207 e. The Bertz CT molecular complexity index is 547. The van der Waals surface area contributed by atoms with Gasteiger partial charge in [0, 0.05) is 16.6 Å². The second-order valence-corrected chi connectivity index (χ2v) is 5.89. The van der Waals surface area contributed by atoms with Crippen LogP contribution >= 0.6 is 22.3 Å². The Morgan fingerprint density at radius 1 is 1.44 bits per heavy atom. The molecule has 0 aliphatic carbocycles. The van der Waals surface area contributed by atoms with Crippen molar-refractivity contribution in [2.45, 2.75) is 24.1 Å². The molecule has 0 saturated carbocycles. The molecule has 0 aliphatic heterocycles. The molecule has 0 radical (unpaired) electrons. The number of benzene rings is 1. The van der Waals surface area contributed by atoms with Crippen molar-refractivity contribution in [3.63, 3.8) is 0 Å². The highest BCUT2D eigenvalue weighted by Gasteiger charge is 2.21. The number of alkyl halides is 1. The minimum atomic E-state index is -3.88. The fourth-order valence-electron chi connectivity index (χ4n) is 1.54. The maximum atomic E-state index is 11.5. The van der Waals surface area contributed by atoms with E-state index in [1.165, 1.54) is 6.07 Å². The molecule has 0 N–H and O–H groups in total. The van der Waals surface area contributed by atoms with Crippen LogP contribution in [0.1, 0.15) is 23.6 Å². The molecule has 0 amide bonds. The lowest BCUT2D eigenvalue weighted by atomic mass is 10.0. The molecule has 16 heavy (non-hydrogen) atoms. The average molecular weight is 278 g/mol. The lowest BCUT2D eigenvalue weighted by Gasteiger charge is -2.10. The van der Waals surface area contributed by atoms with Crippen molar-refractivity contribution < 1.29 is 8.42 Å². The predicted octanol–water partition coefficient (Wildman–Crippen LogP) is 2.79. The van der Waals surface area contributed by atoms with Crippen molar-refractivity contribution in [2.24, 2.45) is 0 Å². The maximum absolute atomic E-state index is 11.5. The topological polar surface area (TPSA) is 57.9 Å². The molecule has 1 rings (SSSR count). The monoisotopic (exact) mass is 277 g/mol. The molecule has 0 aliphatic rings. The third kappa shape index (κ3) is 2.49. The summed E-state index contributed by atoms with van der Waals surface area (Å²) in [5.41, 5.74) is 1.17. The van der Waals surface area contributed by atoms with Gasteiger partial charge in [-0.3, -0.25) is 0 Å². The van der Waals surface area contributed by atoms with Gasteiger partial charge < -0.3 is 0 Å². The van der Waals surface area contributed by atoms with Crippen LogP contribution in [-0.2, 0) is 21.4 Å². The van der Waals surface area contributed by atoms with Gasteiger partial charge in [-0.1, -0.05) is 13.0 Å². The molecule has 0 atom stereocenters. The molecule has 6 heteroatoms. The van der Waals surface area contributed by atoms with Crippen molar-refractivity contribution in [1.29, 1.82) is 5.26 Å². The van der Waals surface area contributed by atoms with E-state index in [2.05, 4.69) is 0 Å². The van der Waals surface area contributed by atoms with Crippen LogP contribution in [0.25, 0.3) is 0 Å². The summed E-state index contributed by atoms with van der Waals surface area (Å²) in [6.45, 7) is 1.76. The summed E-state index contributed by atoms with van der Waals surface area (Å²) in [4.78, 5) is -0.0225. The van der Waals surface area contributed by atoms with Gasteiger partial charge in [0.15, 0.2) is 0 Å². The van der Waals surface area contributed by atoms with E-state index in [1.807, 2.05) is 6.07 Å². The van der Waals surface area contributed by atoms with Crippen molar-refractivity contribution in [2.75, 3.05) is 0 Å². The first-order chi connectivity index (χ1) is 7.45. The molecule has 86 valence electrons. The van der Waals surface area contributed by atoms with E-state index in [9.17, 15) is 8.42 Å². The summed E-state index contributed by atoms with van der Waals surface area (Å²) in [6, 6.07) is 5.02. The zero-order valence-electron chi connectivity index (χ0n) is 8.50. The number of nitriles is 1. The van der Waals surface area contributed by atoms with E-state index in [-0.39, 0.29) is 10.8 Å². The highest BCUT2D eigenvalue weighted by Crippen LogP contribution is 2.28. The molecule has 3 nitrogen and oxygen atoms in total. The van der Waals surface area contributed by atoms with Crippen LogP contribution in [0.3, 0.4) is 0 Å². The van der Waals surface area contributed by atoms with Gasteiger partial charge in [0.2, 0.25) is 0 Å². The predicted molar refractivity (Wildman–Crippen MR) is 63.1 cm³/mol. The van der Waals surface area contributed by atoms with Gasteiger partial charge in [-0.2, -0.15) is 5.26 Å². The standard InChI is InChI=1S/C10H9Cl2NO2S/c1-2-9-8(6-13)4-3-7(5-11)10(9)16(12,14)15/h3-4H,2,5H2,1H3. The zero-order valence-corrected chi connectivity index (χ0v) is 10.8. The highest BCUT2D eigenvalue weighted by atomic mass is 35.7. The number of halogens is 2. The highest BCUT2D eigenvalue weighted by molar-refractivity contribution is 8.13. The quantitative estimate of drug-likeness (QED) is 0.631. The van der Waals surface area contributed by atoms with E-state index in [4.69, 9.17) is 27.5 Å². The molecule has 0 bridgehead atoms. The molecule has 1 aromatic rings. The van der Waals surface area contributed by atoms with Crippen LogP contribution < -0.4 is 0 Å². The van der Waals surface area contributed by atoms with Crippen molar-refractivity contribution >= 4 is 31.3 Å². The second kappa shape index (κ2) is 5.05. The van der Waals surface area contributed by atoms with Gasteiger partial charge in [0.1, 0.15) is 0 Å². The van der Waals surface area contributed by atoms with Gasteiger partial charge in [-0.25, -0.2) is 8.42 Å². The second-order valence-electron chi connectivity index (χ2n) is 3.12. The van der Waals surface area contributed by atoms with E-state index >= 15 is 0 Å². The van der Waals surface area contributed by atoms with Crippen LogP contribution in [0.4, 0.5) is 0 Å². The summed E-state index contributed by atoms with van der Waals surface area (Å²) < 4.78 is 22.9. The first kappa shape index (κ1) is 13.3. The molecule has 0 saturated heterocycles. The largest absolute Gasteiger partial charge is 0.261 e. The molecule has 0 aromatic heterocycles. The van der Waals surface area contributed by atoms with E-state index in [0.717, 1.165) is 0 Å². The molecular formula is C10H9Cl2NO2S. The maximum Gasteiger partial charge on any atom is 0.261 e. The van der Waals surface area contributed by atoms with E-state index < -0.39 is 9.05 Å². The molecule has 0 heterocycles. The molecule has 0 spiro atoms. The van der Waals surface area contributed by atoms with Crippen LogP contribution in [0.15, 0.2) is 17.0 Å². The first-order valence-corrected chi connectivity index (χ1v) is 7.35. The fourth-order valence-corrected chi connectivity index (χ4v) is 3.42. The summed E-state index contributed by atoms with van der Waals surface area (Å²) in [5.74, 6) is 0.0417. The SMILES string of the molecule is CCc1c(C#N)ccc(CCl)c1S(=O)(=O)Cl. The molecule has 1 aromatic carbocycles. The Morgan fingerprint density at radius 2 is 2.06 bits per heavy atom. The van der Waals surface area contributed by atoms with Crippen LogP contribution in [-0.4, -0.2) is 8.42 Å². The Morgan fingerprint density at radius 3 is 2.44 bits per heavy atom. The van der Waals surface area contributed by atoms with E-state index in [0.29, 0.717) is 23.1 Å². The first-order valence-electron chi connectivity index (χ1n) is 4.51. The minimum Gasteiger partial charge on any atom is -0.207 e. The number of nitrogens with zero attached hydrogens (tertiary/aromatic N) is 1. The van der Waals surface area contributed by atoms with Crippen molar-refractivity contribution in [1.82, 2.24) is 0 Å². The lowest BCUT2D eigenvalue weighted by Crippen LogP contribution is -2.04. The van der Waals surface area contributed by atoms with Crippen molar-refractivity contribution in [3.05, 3.63) is 28.8 Å². The van der Waals surface area contributed by atoms with Gasteiger partial charge in [-0.05, 0) is 23.6 Å². The van der Waals surface area contributed by atoms with Crippen molar-refractivity contribution in [3.8, 4) is 6.07 Å². The van der Waals surface area contributed by atoms with Gasteiger partial charge in [0.25, 0.3) is 9.05 Å². The third-order valence-electron chi connectivity index (χ3n) is 2.20. The summed E-state index contributed by atoms with van der Waals surface area (Å²) in [6.07, 6.45) is 0.412. The van der Waals surface area contributed by atoms with Gasteiger partial charge in [-0.15, -0.1) is 11.6 Å². The number of hydrogen-bond donors (Lipinski definition) is 0. The van der Waals surface area contributed by atoms with Crippen LogP contribution in [0.5, 0.6) is 0 Å². The summed E-state index contributed by atoms with van der Waals surface area (Å²) in [5, 5.41) is 8.88. The zero-order chi connectivity index (χ0) is 12.3. The normalized spacial score (nSPS) is 11.1. The van der Waals surface area contributed by atoms with Gasteiger partial charge >= 0.3 is 0 Å². The fraction of sp³-hybridized carbons (Fsp3) is 0.300. The molecular weight excluding hydrogens is 269 g/mol. The van der Waals surface area contributed by atoms with E-state index in [1.54, 1.807) is 13.0 Å². The Labute approximate surface area is 104 Å². The Hall–Kier alpha value is -0.760. The number of rotatable bonds is 3. The lowest BCUT2D eigenvalue weighted by molar-refractivity contribution is 0.607. The average Bonchev–Trinajstić information content (AvgIpc) is 2.25. The number of hydrogen-bond acceptors (Lipinski definition) is 3. The third-order valence-corrected chi connectivity index (χ3v) is 3.95. The Kier molecular flexibility index (Phi) is 4.20. The molecule has 0 fully saturated rings.